The van der Waals surface area contributed by atoms with Crippen LogP contribution >= 0.6 is 0 Å². The summed E-state index contributed by atoms with van der Waals surface area (Å²) < 4.78 is 10.3. The minimum Gasteiger partial charge on any atom is -0.466 e. The maximum atomic E-state index is 12.1. The van der Waals surface area contributed by atoms with Crippen LogP contribution in [0.5, 0.6) is 0 Å². The molecule has 1 heterocycles. The summed E-state index contributed by atoms with van der Waals surface area (Å²) in [5, 5.41) is 10.7. The zero-order valence-corrected chi connectivity index (χ0v) is 16.0. The fourth-order valence-corrected chi connectivity index (χ4v) is 3.26. The predicted octanol–water partition coefficient (Wildman–Crippen LogP) is 3.55. The Labute approximate surface area is 155 Å². The lowest BCUT2D eigenvalue weighted by molar-refractivity contribution is -0.139. The number of carbonyl (C=O) groups excluding carboxylic acids is 2. The van der Waals surface area contributed by atoms with Gasteiger partial charge in [0.15, 0.2) is 0 Å². The van der Waals surface area contributed by atoms with Crippen LogP contribution in [0.1, 0.15) is 52.9 Å². The first kappa shape index (κ1) is 20.2. The fourth-order valence-electron chi connectivity index (χ4n) is 3.26. The van der Waals surface area contributed by atoms with Gasteiger partial charge in [0, 0.05) is 12.0 Å². The number of ether oxygens (including phenoxy) is 2. The van der Waals surface area contributed by atoms with Gasteiger partial charge in [0.2, 0.25) is 0 Å². The molecule has 0 bridgehead atoms. The normalized spacial score (nSPS) is 25.4. The van der Waals surface area contributed by atoms with Crippen molar-refractivity contribution in [2.75, 3.05) is 7.11 Å². The number of hydrogen-bond acceptors (Lipinski definition) is 5. The molecule has 2 rings (SSSR count). The lowest BCUT2D eigenvalue weighted by Crippen LogP contribution is -2.22. The molecule has 0 amide bonds. The van der Waals surface area contributed by atoms with Crippen molar-refractivity contribution in [2.24, 2.45) is 0 Å². The number of hydrogen-bond donors (Lipinski definition) is 1. The first-order chi connectivity index (χ1) is 12.3. The van der Waals surface area contributed by atoms with Crippen molar-refractivity contribution < 1.29 is 24.2 Å². The van der Waals surface area contributed by atoms with E-state index in [4.69, 9.17) is 9.47 Å². The topological polar surface area (TPSA) is 72.8 Å². The first-order valence-corrected chi connectivity index (χ1v) is 9.03. The molecule has 5 nitrogen and oxygen atoms in total. The summed E-state index contributed by atoms with van der Waals surface area (Å²) in [6.45, 7) is 5.78. The quantitative estimate of drug-likeness (QED) is 0.572. The molecule has 1 aliphatic heterocycles. The molecule has 142 valence electrons. The molecule has 0 aromatic rings. The molecule has 0 aromatic carbocycles. The Bertz CT molecular complexity index is 693. The zero-order chi connectivity index (χ0) is 19.3. The number of rotatable bonds is 1. The van der Waals surface area contributed by atoms with Crippen molar-refractivity contribution in [1.29, 1.82) is 0 Å². The van der Waals surface area contributed by atoms with Crippen LogP contribution in [0, 0.1) is 0 Å². The van der Waals surface area contributed by atoms with E-state index in [1.54, 1.807) is 13.0 Å². The molecule has 5 heteroatoms. The van der Waals surface area contributed by atoms with Gasteiger partial charge in [0.05, 0.1) is 18.8 Å². The number of carbonyl (C=O) groups is 2. The summed E-state index contributed by atoms with van der Waals surface area (Å²) in [5.41, 5.74) is 3.84. The van der Waals surface area contributed by atoms with Gasteiger partial charge in [0.1, 0.15) is 6.10 Å². The molecule has 1 aliphatic carbocycles. The third-order valence-corrected chi connectivity index (χ3v) is 4.93. The summed E-state index contributed by atoms with van der Waals surface area (Å²) >= 11 is 0. The average Bonchev–Trinajstić information content (AvgIpc) is 2.84. The molecule has 0 saturated carbocycles. The minimum absolute atomic E-state index is 0.168. The van der Waals surface area contributed by atoms with Crippen molar-refractivity contribution in [3.63, 3.8) is 0 Å². The summed E-state index contributed by atoms with van der Waals surface area (Å²) in [6, 6.07) is 0. The Morgan fingerprint density at radius 3 is 2.50 bits per heavy atom. The highest BCUT2D eigenvalue weighted by atomic mass is 16.5. The van der Waals surface area contributed by atoms with E-state index in [1.807, 2.05) is 13.0 Å². The molecular formula is C21H28O5. The van der Waals surface area contributed by atoms with Gasteiger partial charge in [-0.2, -0.15) is 0 Å². The summed E-state index contributed by atoms with van der Waals surface area (Å²) in [4.78, 5) is 24.1. The third-order valence-electron chi connectivity index (χ3n) is 4.93. The van der Waals surface area contributed by atoms with Gasteiger partial charge in [-0.15, -0.1) is 0 Å². The van der Waals surface area contributed by atoms with Crippen LogP contribution in [0.15, 0.2) is 46.1 Å². The van der Waals surface area contributed by atoms with Crippen LogP contribution in [-0.4, -0.2) is 36.4 Å². The second kappa shape index (κ2) is 8.99. The Balaban J connectivity index is 2.40. The van der Waals surface area contributed by atoms with Crippen LogP contribution < -0.4 is 0 Å². The largest absolute Gasteiger partial charge is 0.466 e. The maximum Gasteiger partial charge on any atom is 0.336 e. The number of methoxy groups -OCH3 is 1. The zero-order valence-electron chi connectivity index (χ0n) is 16.0. The Morgan fingerprint density at radius 1 is 1.15 bits per heavy atom. The number of aliphatic hydroxyl groups excluding tert-OH is 1. The van der Waals surface area contributed by atoms with Crippen molar-refractivity contribution in [2.45, 2.75) is 65.1 Å². The van der Waals surface area contributed by atoms with E-state index >= 15 is 0 Å². The lowest BCUT2D eigenvalue weighted by Gasteiger charge is -2.18. The van der Waals surface area contributed by atoms with E-state index < -0.39 is 18.2 Å². The highest BCUT2D eigenvalue weighted by Gasteiger charge is 2.33. The Kier molecular flexibility index (Phi) is 6.98. The molecule has 1 N–H and O–H groups in total. The van der Waals surface area contributed by atoms with E-state index in [-0.39, 0.29) is 18.0 Å². The van der Waals surface area contributed by atoms with Gasteiger partial charge in [-0.25, -0.2) is 9.59 Å². The van der Waals surface area contributed by atoms with E-state index in [0.717, 1.165) is 30.4 Å². The van der Waals surface area contributed by atoms with E-state index in [1.165, 1.54) is 12.7 Å². The number of aliphatic hydroxyl groups is 1. The first-order valence-electron chi connectivity index (χ1n) is 9.03. The van der Waals surface area contributed by atoms with Gasteiger partial charge in [-0.3, -0.25) is 0 Å². The summed E-state index contributed by atoms with van der Waals surface area (Å²) in [5.74, 6) is -0.914. The molecule has 2 aliphatic rings. The maximum absolute atomic E-state index is 12.1. The van der Waals surface area contributed by atoms with E-state index in [0.29, 0.717) is 12.0 Å². The highest BCUT2D eigenvalue weighted by molar-refractivity contribution is 5.92. The molecule has 2 unspecified atom stereocenters. The van der Waals surface area contributed by atoms with Crippen LogP contribution in [-0.2, 0) is 19.1 Å². The molecule has 0 spiro atoms. The van der Waals surface area contributed by atoms with Gasteiger partial charge >= 0.3 is 11.9 Å². The fraction of sp³-hybridized carbons (Fsp3) is 0.524. The summed E-state index contributed by atoms with van der Waals surface area (Å²) in [6.07, 6.45) is 7.80. The monoisotopic (exact) mass is 360 g/mol. The predicted molar refractivity (Wildman–Crippen MR) is 99.3 cm³/mol. The second-order valence-electron chi connectivity index (χ2n) is 6.99. The average molecular weight is 360 g/mol. The van der Waals surface area contributed by atoms with Crippen molar-refractivity contribution in [3.05, 3.63) is 46.1 Å². The molecule has 0 radical (unpaired) electrons. The van der Waals surface area contributed by atoms with Crippen molar-refractivity contribution in [1.82, 2.24) is 0 Å². The van der Waals surface area contributed by atoms with Crippen LogP contribution in [0.3, 0.4) is 0 Å². The van der Waals surface area contributed by atoms with Crippen molar-refractivity contribution in [3.8, 4) is 0 Å². The summed E-state index contributed by atoms with van der Waals surface area (Å²) in [7, 11) is 1.30. The van der Waals surface area contributed by atoms with Gasteiger partial charge in [0.25, 0.3) is 0 Å². The van der Waals surface area contributed by atoms with E-state index in [9.17, 15) is 14.7 Å². The molecule has 2 atom stereocenters. The number of fused-ring (bicyclic) bond motifs is 1. The van der Waals surface area contributed by atoms with Gasteiger partial charge in [-0.1, -0.05) is 23.3 Å². The smallest absolute Gasteiger partial charge is 0.336 e. The van der Waals surface area contributed by atoms with Crippen LogP contribution in [0.2, 0.25) is 0 Å². The molecular weight excluding hydrogens is 332 g/mol. The second-order valence-corrected chi connectivity index (χ2v) is 6.99. The highest BCUT2D eigenvalue weighted by Crippen LogP contribution is 2.30. The van der Waals surface area contributed by atoms with Crippen LogP contribution in [0.25, 0.3) is 0 Å². The van der Waals surface area contributed by atoms with E-state index in [2.05, 4.69) is 13.0 Å². The van der Waals surface area contributed by atoms with Gasteiger partial charge in [-0.05, 0) is 58.1 Å². The molecule has 26 heavy (non-hydrogen) atoms. The Morgan fingerprint density at radius 2 is 1.81 bits per heavy atom. The molecule has 0 fully saturated rings. The van der Waals surface area contributed by atoms with Gasteiger partial charge < -0.3 is 14.6 Å². The lowest BCUT2D eigenvalue weighted by atomic mass is 9.93. The number of allylic oxidation sites excluding steroid dienone is 4. The minimum atomic E-state index is -1.04. The van der Waals surface area contributed by atoms with Crippen molar-refractivity contribution >= 4 is 11.9 Å². The SMILES string of the molecule is COC(=O)C1=CCCC(C)=CCCC(C)=CC2OC(=O)C(C)=C2CC1O. The third kappa shape index (κ3) is 4.94. The standard InChI is InChI=1S/C21H28O5/c1-13-7-5-9-14(2)11-19-17(15(3)20(23)26-19)12-18(22)16(10-6-8-13)21(24)25-4/h7,10-11,18-19,22H,5-6,8-9,12H2,1-4H3. The molecule has 0 saturated heterocycles. The molecule has 0 aromatic heterocycles. The van der Waals surface area contributed by atoms with Crippen LogP contribution in [0.4, 0.5) is 0 Å². The number of esters is 2. The Hall–Kier alpha value is -2.14.